The summed E-state index contributed by atoms with van der Waals surface area (Å²) in [5, 5.41) is 8.73. The molecule has 0 saturated heterocycles. The quantitative estimate of drug-likeness (QED) is 0.723. The average molecular weight is 341 g/mol. The summed E-state index contributed by atoms with van der Waals surface area (Å²) in [6.07, 6.45) is 0. The molecule has 0 heterocycles. The standard InChI is InChI=1S/C19H23N3O3/c1-13(21-16-5-4-6-17(11-16)22-14(2)23)19(24)20-12-15-7-9-18(25-3)10-8-15/h4-11,13,21H,12H2,1-3H3,(H,20,24)(H,22,23). The van der Waals surface area contributed by atoms with Crippen LogP contribution in [-0.4, -0.2) is 25.0 Å². The van der Waals surface area contributed by atoms with Crippen LogP contribution >= 0.6 is 0 Å². The number of amides is 2. The fourth-order valence-corrected chi connectivity index (χ4v) is 2.29. The van der Waals surface area contributed by atoms with Gasteiger partial charge in [-0.1, -0.05) is 18.2 Å². The van der Waals surface area contributed by atoms with E-state index in [1.54, 1.807) is 26.2 Å². The molecule has 1 atom stereocenters. The largest absolute Gasteiger partial charge is 0.497 e. The summed E-state index contributed by atoms with van der Waals surface area (Å²) in [5.74, 6) is 0.535. The number of hydrogen-bond acceptors (Lipinski definition) is 4. The zero-order chi connectivity index (χ0) is 18.2. The molecule has 0 aliphatic heterocycles. The van der Waals surface area contributed by atoms with E-state index < -0.39 is 6.04 Å². The van der Waals surface area contributed by atoms with Crippen molar-refractivity contribution in [3.8, 4) is 5.75 Å². The van der Waals surface area contributed by atoms with Crippen molar-refractivity contribution >= 4 is 23.2 Å². The molecule has 0 aliphatic rings. The third kappa shape index (κ3) is 5.84. The van der Waals surface area contributed by atoms with Gasteiger partial charge < -0.3 is 20.7 Å². The van der Waals surface area contributed by atoms with Crippen molar-refractivity contribution in [3.63, 3.8) is 0 Å². The van der Waals surface area contributed by atoms with Crippen molar-refractivity contribution < 1.29 is 14.3 Å². The van der Waals surface area contributed by atoms with Crippen molar-refractivity contribution in [2.75, 3.05) is 17.7 Å². The molecular formula is C19H23N3O3. The fourth-order valence-electron chi connectivity index (χ4n) is 2.29. The van der Waals surface area contributed by atoms with Gasteiger partial charge in [-0.25, -0.2) is 0 Å². The van der Waals surface area contributed by atoms with E-state index in [1.807, 2.05) is 36.4 Å². The Morgan fingerprint density at radius 3 is 2.40 bits per heavy atom. The van der Waals surface area contributed by atoms with Crippen molar-refractivity contribution in [1.29, 1.82) is 0 Å². The highest BCUT2D eigenvalue weighted by molar-refractivity contribution is 5.89. The normalized spacial score (nSPS) is 11.3. The predicted molar refractivity (Wildman–Crippen MR) is 98.7 cm³/mol. The van der Waals surface area contributed by atoms with E-state index in [1.165, 1.54) is 6.92 Å². The highest BCUT2D eigenvalue weighted by atomic mass is 16.5. The van der Waals surface area contributed by atoms with Crippen molar-refractivity contribution in [2.24, 2.45) is 0 Å². The molecule has 0 fully saturated rings. The number of anilines is 2. The molecule has 2 aromatic carbocycles. The van der Waals surface area contributed by atoms with Gasteiger partial charge in [-0.2, -0.15) is 0 Å². The zero-order valence-electron chi connectivity index (χ0n) is 14.6. The van der Waals surface area contributed by atoms with Gasteiger partial charge >= 0.3 is 0 Å². The van der Waals surface area contributed by atoms with Crippen LogP contribution in [0.1, 0.15) is 19.4 Å². The van der Waals surface area contributed by atoms with E-state index in [0.717, 1.165) is 17.0 Å². The van der Waals surface area contributed by atoms with Crippen molar-refractivity contribution in [2.45, 2.75) is 26.4 Å². The maximum atomic E-state index is 12.2. The lowest BCUT2D eigenvalue weighted by molar-refractivity contribution is -0.121. The lowest BCUT2D eigenvalue weighted by atomic mass is 10.2. The van der Waals surface area contributed by atoms with Gasteiger partial charge in [-0.05, 0) is 42.8 Å². The van der Waals surface area contributed by atoms with Crippen LogP contribution in [0.4, 0.5) is 11.4 Å². The molecule has 2 rings (SSSR count). The third-order valence-electron chi connectivity index (χ3n) is 3.59. The number of carbonyl (C=O) groups is 2. The summed E-state index contributed by atoms with van der Waals surface area (Å²) >= 11 is 0. The maximum absolute atomic E-state index is 12.2. The monoisotopic (exact) mass is 341 g/mol. The number of hydrogen-bond donors (Lipinski definition) is 3. The summed E-state index contributed by atoms with van der Waals surface area (Å²) in [6.45, 7) is 3.69. The number of ether oxygens (including phenoxy) is 1. The average Bonchev–Trinajstić information content (AvgIpc) is 2.59. The molecule has 0 aliphatic carbocycles. The van der Waals surface area contributed by atoms with Gasteiger partial charge in [0.1, 0.15) is 11.8 Å². The summed E-state index contributed by atoms with van der Waals surface area (Å²) in [5.41, 5.74) is 2.44. The van der Waals surface area contributed by atoms with Crippen LogP contribution in [0.5, 0.6) is 5.75 Å². The molecule has 25 heavy (non-hydrogen) atoms. The van der Waals surface area contributed by atoms with Gasteiger partial charge in [0, 0.05) is 24.8 Å². The Bertz CT molecular complexity index is 729. The zero-order valence-corrected chi connectivity index (χ0v) is 14.6. The summed E-state index contributed by atoms with van der Waals surface area (Å²) in [4.78, 5) is 23.4. The van der Waals surface area contributed by atoms with Gasteiger partial charge in [0.15, 0.2) is 0 Å². The Balaban J connectivity index is 1.88. The second kappa shape index (κ2) is 8.73. The number of benzene rings is 2. The Hall–Kier alpha value is -3.02. The van der Waals surface area contributed by atoms with Crippen LogP contribution in [0.3, 0.4) is 0 Å². The molecule has 2 aromatic rings. The SMILES string of the molecule is COc1ccc(CNC(=O)C(C)Nc2cccc(NC(C)=O)c2)cc1. The van der Waals surface area contributed by atoms with E-state index in [2.05, 4.69) is 16.0 Å². The molecule has 0 saturated carbocycles. The van der Waals surface area contributed by atoms with Crippen LogP contribution in [0, 0.1) is 0 Å². The topological polar surface area (TPSA) is 79.5 Å². The number of rotatable bonds is 7. The van der Waals surface area contributed by atoms with Gasteiger partial charge in [0.05, 0.1) is 7.11 Å². The number of methoxy groups -OCH3 is 1. The molecule has 0 radical (unpaired) electrons. The Morgan fingerprint density at radius 2 is 1.76 bits per heavy atom. The minimum atomic E-state index is -0.411. The van der Waals surface area contributed by atoms with Gasteiger partial charge in [-0.3, -0.25) is 9.59 Å². The van der Waals surface area contributed by atoms with Gasteiger partial charge in [0.25, 0.3) is 0 Å². The molecule has 132 valence electrons. The van der Waals surface area contributed by atoms with Crippen LogP contribution in [0.25, 0.3) is 0 Å². The first kappa shape index (κ1) is 18.3. The van der Waals surface area contributed by atoms with E-state index >= 15 is 0 Å². The van der Waals surface area contributed by atoms with Crippen LogP contribution < -0.4 is 20.7 Å². The van der Waals surface area contributed by atoms with Crippen molar-refractivity contribution in [1.82, 2.24) is 5.32 Å². The molecular weight excluding hydrogens is 318 g/mol. The first-order chi connectivity index (χ1) is 12.0. The van der Waals surface area contributed by atoms with Gasteiger partial charge in [-0.15, -0.1) is 0 Å². The summed E-state index contributed by atoms with van der Waals surface area (Å²) in [7, 11) is 1.62. The van der Waals surface area contributed by atoms with E-state index in [-0.39, 0.29) is 11.8 Å². The smallest absolute Gasteiger partial charge is 0.242 e. The maximum Gasteiger partial charge on any atom is 0.242 e. The molecule has 2 amide bonds. The Kier molecular flexibility index (Phi) is 6.39. The first-order valence-corrected chi connectivity index (χ1v) is 8.03. The Labute approximate surface area is 147 Å². The minimum Gasteiger partial charge on any atom is -0.497 e. The molecule has 0 spiro atoms. The molecule has 0 aromatic heterocycles. The molecule has 1 unspecified atom stereocenters. The van der Waals surface area contributed by atoms with E-state index in [4.69, 9.17) is 4.74 Å². The second-order valence-corrected chi connectivity index (χ2v) is 5.69. The summed E-state index contributed by atoms with van der Waals surface area (Å²) < 4.78 is 5.11. The predicted octanol–water partition coefficient (Wildman–Crippen LogP) is 2.77. The lowest BCUT2D eigenvalue weighted by Gasteiger charge is -2.16. The molecule has 6 heteroatoms. The highest BCUT2D eigenvalue weighted by Crippen LogP contribution is 2.16. The lowest BCUT2D eigenvalue weighted by Crippen LogP contribution is -2.37. The molecule has 0 bridgehead atoms. The fraction of sp³-hybridized carbons (Fsp3) is 0.263. The molecule has 3 N–H and O–H groups in total. The van der Waals surface area contributed by atoms with Crippen molar-refractivity contribution in [3.05, 3.63) is 54.1 Å². The first-order valence-electron chi connectivity index (χ1n) is 8.03. The van der Waals surface area contributed by atoms with Crippen LogP contribution in [0.2, 0.25) is 0 Å². The second-order valence-electron chi connectivity index (χ2n) is 5.69. The van der Waals surface area contributed by atoms with E-state index in [0.29, 0.717) is 12.2 Å². The van der Waals surface area contributed by atoms with E-state index in [9.17, 15) is 9.59 Å². The third-order valence-corrected chi connectivity index (χ3v) is 3.59. The Morgan fingerprint density at radius 1 is 1.08 bits per heavy atom. The highest BCUT2D eigenvalue weighted by Gasteiger charge is 2.12. The molecule has 6 nitrogen and oxygen atoms in total. The minimum absolute atomic E-state index is 0.110. The number of carbonyl (C=O) groups excluding carboxylic acids is 2. The van der Waals surface area contributed by atoms with Gasteiger partial charge in [0.2, 0.25) is 11.8 Å². The van der Waals surface area contributed by atoms with Crippen LogP contribution in [0.15, 0.2) is 48.5 Å². The summed E-state index contributed by atoms with van der Waals surface area (Å²) in [6, 6.07) is 14.4. The van der Waals surface area contributed by atoms with Crippen LogP contribution in [-0.2, 0) is 16.1 Å². The number of nitrogens with one attached hydrogen (secondary N) is 3.